The molecule has 30 heavy (non-hydrogen) atoms. The minimum absolute atomic E-state index is 0.00329. The topological polar surface area (TPSA) is 94.1 Å². The fraction of sp³-hybridized carbons (Fsp3) is 0.217. The Labute approximate surface area is 175 Å². The van der Waals surface area contributed by atoms with Crippen LogP contribution in [0, 0.1) is 0 Å². The van der Waals surface area contributed by atoms with Crippen molar-refractivity contribution in [1.82, 2.24) is 19.4 Å². The molecule has 0 fully saturated rings. The molecule has 0 unspecified atom stereocenters. The number of nitrogens with two attached hydrogens (primary N) is 1. The lowest BCUT2D eigenvalue weighted by atomic mass is 10.0. The highest BCUT2D eigenvalue weighted by Gasteiger charge is 2.16. The van der Waals surface area contributed by atoms with Gasteiger partial charge in [-0.3, -0.25) is 9.59 Å². The fourth-order valence-corrected chi connectivity index (χ4v) is 2.93. The number of nitrogen functional groups attached to an aromatic ring is 1. The predicted molar refractivity (Wildman–Crippen MR) is 120 cm³/mol. The highest BCUT2D eigenvalue weighted by atomic mass is 16.2. The van der Waals surface area contributed by atoms with Crippen LogP contribution in [0.4, 0.5) is 5.82 Å². The summed E-state index contributed by atoms with van der Waals surface area (Å²) in [4.78, 5) is 34.9. The second kappa shape index (κ2) is 8.73. The molecule has 1 amide bonds. The van der Waals surface area contributed by atoms with E-state index in [4.69, 9.17) is 10.7 Å². The van der Waals surface area contributed by atoms with Crippen molar-refractivity contribution >= 4 is 17.8 Å². The SMILES string of the molecule is CC(C)n1cc(-c2nc(/C=C/C(=O)N(C)C)c(N)nc2-c2ccccc2)ccc1=O. The molecule has 7 nitrogen and oxygen atoms in total. The molecular weight excluding hydrogens is 378 g/mol. The van der Waals surface area contributed by atoms with Crippen molar-refractivity contribution in [2.24, 2.45) is 0 Å². The van der Waals surface area contributed by atoms with Gasteiger partial charge < -0.3 is 15.2 Å². The summed E-state index contributed by atoms with van der Waals surface area (Å²) < 4.78 is 1.65. The van der Waals surface area contributed by atoms with E-state index in [1.165, 1.54) is 17.0 Å². The van der Waals surface area contributed by atoms with E-state index in [9.17, 15) is 9.59 Å². The first-order chi connectivity index (χ1) is 14.3. The number of carbonyl (C=O) groups is 1. The zero-order chi connectivity index (χ0) is 21.8. The molecule has 2 N–H and O–H groups in total. The van der Waals surface area contributed by atoms with Crippen LogP contribution < -0.4 is 11.3 Å². The van der Waals surface area contributed by atoms with Crippen molar-refractivity contribution in [2.75, 3.05) is 19.8 Å². The number of pyridine rings is 1. The van der Waals surface area contributed by atoms with Gasteiger partial charge in [-0.15, -0.1) is 0 Å². The van der Waals surface area contributed by atoms with Gasteiger partial charge >= 0.3 is 0 Å². The Hall–Kier alpha value is -3.74. The molecule has 0 radical (unpaired) electrons. The molecule has 0 aliphatic carbocycles. The third kappa shape index (κ3) is 4.46. The molecule has 2 heterocycles. The number of amides is 1. The molecule has 0 atom stereocenters. The zero-order valence-corrected chi connectivity index (χ0v) is 17.5. The van der Waals surface area contributed by atoms with E-state index in [0.717, 1.165) is 11.1 Å². The molecule has 0 saturated heterocycles. The summed E-state index contributed by atoms with van der Waals surface area (Å²) in [5.41, 5.74) is 9.26. The third-order valence-electron chi connectivity index (χ3n) is 4.59. The van der Waals surface area contributed by atoms with Gasteiger partial charge in [-0.1, -0.05) is 30.3 Å². The maximum Gasteiger partial charge on any atom is 0.250 e. The number of hydrogen-bond donors (Lipinski definition) is 1. The first-order valence-corrected chi connectivity index (χ1v) is 9.62. The zero-order valence-electron chi connectivity index (χ0n) is 17.5. The van der Waals surface area contributed by atoms with Crippen LogP contribution in [0.5, 0.6) is 0 Å². The van der Waals surface area contributed by atoms with Gasteiger partial charge in [0.25, 0.3) is 5.56 Å². The number of rotatable bonds is 5. The van der Waals surface area contributed by atoms with E-state index in [1.54, 1.807) is 37.0 Å². The first-order valence-electron chi connectivity index (χ1n) is 9.62. The van der Waals surface area contributed by atoms with E-state index >= 15 is 0 Å². The highest BCUT2D eigenvalue weighted by Crippen LogP contribution is 2.31. The summed E-state index contributed by atoms with van der Waals surface area (Å²) >= 11 is 0. The molecule has 2 aromatic heterocycles. The molecule has 0 aliphatic heterocycles. The number of nitrogens with zero attached hydrogens (tertiary/aromatic N) is 4. The smallest absolute Gasteiger partial charge is 0.250 e. The lowest BCUT2D eigenvalue weighted by Crippen LogP contribution is -2.20. The van der Waals surface area contributed by atoms with Gasteiger partial charge in [0.2, 0.25) is 5.91 Å². The fourth-order valence-electron chi connectivity index (χ4n) is 2.93. The van der Waals surface area contributed by atoms with Gasteiger partial charge in [0.15, 0.2) is 0 Å². The van der Waals surface area contributed by atoms with Crippen LogP contribution >= 0.6 is 0 Å². The van der Waals surface area contributed by atoms with Crippen LogP contribution in [0.25, 0.3) is 28.6 Å². The minimum atomic E-state index is -0.182. The van der Waals surface area contributed by atoms with Crippen molar-refractivity contribution < 1.29 is 4.79 Å². The predicted octanol–water partition coefficient (Wildman–Crippen LogP) is 3.24. The van der Waals surface area contributed by atoms with Crippen molar-refractivity contribution in [3.8, 4) is 22.5 Å². The Bertz CT molecular complexity index is 1150. The van der Waals surface area contributed by atoms with Crippen LogP contribution in [-0.4, -0.2) is 39.4 Å². The summed E-state index contributed by atoms with van der Waals surface area (Å²) in [6, 6.07) is 12.8. The second-order valence-electron chi connectivity index (χ2n) is 7.38. The lowest BCUT2D eigenvalue weighted by molar-refractivity contribution is -0.123. The molecular formula is C23H25N5O2. The molecule has 154 valence electrons. The summed E-state index contributed by atoms with van der Waals surface area (Å²) in [5, 5.41) is 0. The summed E-state index contributed by atoms with van der Waals surface area (Å²) in [5.74, 6) is 0.0378. The molecule has 3 aromatic rings. The Kier molecular flexibility index (Phi) is 6.11. The molecule has 7 heteroatoms. The number of anilines is 1. The summed E-state index contributed by atoms with van der Waals surface area (Å²) in [6.45, 7) is 3.89. The van der Waals surface area contributed by atoms with Gasteiger partial charge in [0.05, 0.1) is 11.4 Å². The van der Waals surface area contributed by atoms with Crippen LogP contribution in [0.3, 0.4) is 0 Å². The number of hydrogen-bond acceptors (Lipinski definition) is 5. The first kappa shape index (κ1) is 21.0. The third-order valence-corrected chi connectivity index (χ3v) is 4.59. The number of carbonyl (C=O) groups excluding carboxylic acids is 1. The van der Waals surface area contributed by atoms with Gasteiger partial charge in [-0.05, 0) is 26.0 Å². The Morgan fingerprint density at radius 2 is 1.70 bits per heavy atom. The molecule has 0 bridgehead atoms. The largest absolute Gasteiger partial charge is 0.382 e. The summed E-state index contributed by atoms with van der Waals surface area (Å²) in [6.07, 6.45) is 4.74. The average molecular weight is 403 g/mol. The van der Waals surface area contributed by atoms with E-state index in [1.807, 2.05) is 44.2 Å². The minimum Gasteiger partial charge on any atom is -0.382 e. The standard InChI is InChI=1S/C23H25N5O2/c1-15(2)28-14-17(10-12-20(28)30)22-21(16-8-6-5-7-9-16)26-23(24)18(25-22)11-13-19(29)27(3)4/h5-15H,1-4H3,(H2,24,26)/b13-11+. The van der Waals surface area contributed by atoms with Gasteiger partial charge in [0.1, 0.15) is 11.5 Å². The number of likely N-dealkylation sites (N-methyl/N-ethyl adjacent to an activating group) is 1. The van der Waals surface area contributed by atoms with Crippen molar-refractivity contribution in [2.45, 2.75) is 19.9 Å². The van der Waals surface area contributed by atoms with Crippen LogP contribution in [-0.2, 0) is 4.79 Å². The van der Waals surface area contributed by atoms with Crippen LogP contribution in [0.1, 0.15) is 25.6 Å². The second-order valence-corrected chi connectivity index (χ2v) is 7.38. The maximum atomic E-state index is 12.2. The normalized spacial score (nSPS) is 11.2. The van der Waals surface area contributed by atoms with E-state index in [0.29, 0.717) is 17.1 Å². The summed E-state index contributed by atoms with van der Waals surface area (Å²) in [7, 11) is 3.33. The van der Waals surface area contributed by atoms with Gasteiger partial charge in [-0.2, -0.15) is 0 Å². The molecule has 0 aliphatic rings. The van der Waals surface area contributed by atoms with E-state index in [-0.39, 0.29) is 23.3 Å². The average Bonchev–Trinajstić information content (AvgIpc) is 2.73. The highest BCUT2D eigenvalue weighted by molar-refractivity contribution is 5.92. The van der Waals surface area contributed by atoms with E-state index < -0.39 is 0 Å². The van der Waals surface area contributed by atoms with Crippen molar-refractivity contribution in [3.05, 3.63) is 70.8 Å². The molecule has 0 saturated carbocycles. The Balaban J connectivity index is 2.23. The molecule has 3 rings (SSSR count). The van der Waals surface area contributed by atoms with Crippen molar-refractivity contribution in [1.29, 1.82) is 0 Å². The van der Waals surface area contributed by atoms with Crippen LogP contribution in [0.15, 0.2) is 59.5 Å². The van der Waals surface area contributed by atoms with E-state index in [2.05, 4.69) is 4.98 Å². The number of aromatic nitrogens is 3. The Morgan fingerprint density at radius 1 is 1.03 bits per heavy atom. The lowest BCUT2D eigenvalue weighted by Gasteiger charge is -2.15. The molecule has 0 spiro atoms. The Morgan fingerprint density at radius 3 is 2.33 bits per heavy atom. The molecule has 1 aromatic carbocycles. The number of benzene rings is 1. The van der Waals surface area contributed by atoms with Gasteiger partial charge in [0, 0.05) is 49.6 Å². The maximum absolute atomic E-state index is 12.2. The monoisotopic (exact) mass is 403 g/mol. The van der Waals surface area contributed by atoms with Crippen LogP contribution in [0.2, 0.25) is 0 Å². The van der Waals surface area contributed by atoms with Gasteiger partial charge in [-0.25, -0.2) is 9.97 Å². The quantitative estimate of drug-likeness (QED) is 0.660. The van der Waals surface area contributed by atoms with Crippen molar-refractivity contribution in [3.63, 3.8) is 0 Å².